The number of rotatable bonds is 0. The SMILES string of the molecule is CC(C)(C)OC(N)=O.CO. The van der Waals surface area contributed by atoms with Crippen molar-refractivity contribution in [2.24, 2.45) is 5.73 Å². The Labute approximate surface area is 61.0 Å². The highest BCUT2D eigenvalue weighted by atomic mass is 16.6. The lowest BCUT2D eigenvalue weighted by atomic mass is 10.2. The molecule has 0 fully saturated rings. The lowest BCUT2D eigenvalue weighted by Gasteiger charge is -2.16. The van der Waals surface area contributed by atoms with Gasteiger partial charge in [-0.15, -0.1) is 0 Å². The lowest BCUT2D eigenvalue weighted by Crippen LogP contribution is -2.27. The van der Waals surface area contributed by atoms with Crippen LogP contribution in [0.15, 0.2) is 0 Å². The summed E-state index contributed by atoms with van der Waals surface area (Å²) in [6.45, 7) is 5.28. The fourth-order valence-corrected chi connectivity index (χ4v) is 0.302. The van der Waals surface area contributed by atoms with Crippen molar-refractivity contribution in [3.63, 3.8) is 0 Å². The van der Waals surface area contributed by atoms with Gasteiger partial charge in [0.25, 0.3) is 0 Å². The molecule has 0 aliphatic heterocycles. The molecule has 0 heterocycles. The highest BCUT2D eigenvalue weighted by molar-refractivity contribution is 5.65. The Kier molecular flexibility index (Phi) is 6.04. The summed E-state index contributed by atoms with van der Waals surface area (Å²) in [5.41, 5.74) is 4.26. The average Bonchev–Trinajstić information content (AvgIpc) is 1.64. The van der Waals surface area contributed by atoms with Crippen LogP contribution < -0.4 is 5.73 Å². The second kappa shape index (κ2) is 5.05. The summed E-state index contributed by atoms with van der Waals surface area (Å²) in [4.78, 5) is 10.0. The van der Waals surface area contributed by atoms with Gasteiger partial charge in [0.1, 0.15) is 5.60 Å². The monoisotopic (exact) mass is 149 g/mol. The van der Waals surface area contributed by atoms with Crippen molar-refractivity contribution in [1.82, 2.24) is 0 Å². The van der Waals surface area contributed by atoms with Gasteiger partial charge in [0.2, 0.25) is 0 Å². The minimum absolute atomic E-state index is 0.453. The van der Waals surface area contributed by atoms with Gasteiger partial charge in [-0.3, -0.25) is 0 Å². The number of carbonyl (C=O) groups excluding carboxylic acids is 1. The maximum Gasteiger partial charge on any atom is 0.405 e. The van der Waals surface area contributed by atoms with Crippen LogP contribution in [-0.2, 0) is 4.74 Å². The first-order valence-corrected chi connectivity index (χ1v) is 2.85. The summed E-state index contributed by atoms with van der Waals surface area (Å²) in [7, 11) is 1.00. The van der Waals surface area contributed by atoms with Crippen molar-refractivity contribution in [2.75, 3.05) is 7.11 Å². The second-order valence-electron chi connectivity index (χ2n) is 2.53. The van der Waals surface area contributed by atoms with E-state index in [0.29, 0.717) is 0 Å². The van der Waals surface area contributed by atoms with Gasteiger partial charge < -0.3 is 15.6 Å². The summed E-state index contributed by atoms with van der Waals surface area (Å²) in [6.07, 6.45) is -0.725. The number of aliphatic hydroxyl groups is 1. The first-order chi connectivity index (χ1) is 4.42. The normalized spacial score (nSPS) is 9.30. The third-order valence-corrected chi connectivity index (χ3v) is 0.407. The highest BCUT2D eigenvalue weighted by Gasteiger charge is 2.12. The molecule has 10 heavy (non-hydrogen) atoms. The Bertz CT molecular complexity index is 95.7. The molecular formula is C6H15NO3. The van der Waals surface area contributed by atoms with Gasteiger partial charge in [-0.25, -0.2) is 4.79 Å². The molecule has 0 unspecified atom stereocenters. The van der Waals surface area contributed by atoms with Crippen molar-refractivity contribution < 1.29 is 14.6 Å². The van der Waals surface area contributed by atoms with Crippen LogP contribution in [0.4, 0.5) is 4.79 Å². The summed E-state index contributed by atoms with van der Waals surface area (Å²) in [6, 6.07) is 0. The third kappa shape index (κ3) is 15.7. The molecule has 0 radical (unpaired) electrons. The van der Waals surface area contributed by atoms with Gasteiger partial charge >= 0.3 is 6.09 Å². The largest absolute Gasteiger partial charge is 0.444 e. The Balaban J connectivity index is 0. The van der Waals surface area contributed by atoms with Gasteiger partial charge in [0, 0.05) is 7.11 Å². The Morgan fingerprint density at radius 2 is 1.70 bits per heavy atom. The molecule has 0 atom stereocenters. The molecule has 0 aromatic heterocycles. The van der Waals surface area contributed by atoms with E-state index in [9.17, 15) is 4.79 Å². The van der Waals surface area contributed by atoms with Crippen LogP contribution in [0, 0.1) is 0 Å². The molecule has 0 aliphatic rings. The first kappa shape index (κ1) is 12.0. The molecule has 0 aromatic rings. The molecular weight excluding hydrogens is 134 g/mol. The van der Waals surface area contributed by atoms with E-state index < -0.39 is 11.7 Å². The standard InChI is InChI=1S/C5H11NO2.CH4O/c1-5(2,3)8-4(6)7;1-2/h1-3H3,(H2,6,7);2H,1H3. The first-order valence-electron chi connectivity index (χ1n) is 2.85. The number of nitrogens with two attached hydrogens (primary N) is 1. The van der Waals surface area contributed by atoms with Gasteiger partial charge in [-0.05, 0) is 20.8 Å². The van der Waals surface area contributed by atoms with E-state index in [1.54, 1.807) is 20.8 Å². The van der Waals surface area contributed by atoms with E-state index in [1.807, 2.05) is 0 Å². The van der Waals surface area contributed by atoms with E-state index in [0.717, 1.165) is 7.11 Å². The summed E-state index contributed by atoms with van der Waals surface area (Å²) in [5, 5.41) is 7.00. The van der Waals surface area contributed by atoms with Crippen molar-refractivity contribution in [3.05, 3.63) is 0 Å². The molecule has 4 nitrogen and oxygen atoms in total. The van der Waals surface area contributed by atoms with Gasteiger partial charge in [0.05, 0.1) is 0 Å². The molecule has 0 aromatic carbocycles. The zero-order valence-electron chi connectivity index (χ0n) is 6.84. The average molecular weight is 149 g/mol. The molecule has 0 aliphatic carbocycles. The van der Waals surface area contributed by atoms with Crippen molar-refractivity contribution in [3.8, 4) is 0 Å². The van der Waals surface area contributed by atoms with Crippen LogP contribution in [0.3, 0.4) is 0 Å². The lowest BCUT2D eigenvalue weighted by molar-refractivity contribution is 0.0600. The summed E-state index contributed by atoms with van der Waals surface area (Å²) in [5.74, 6) is 0. The van der Waals surface area contributed by atoms with Crippen molar-refractivity contribution >= 4 is 6.09 Å². The smallest absolute Gasteiger partial charge is 0.405 e. The fraction of sp³-hybridized carbons (Fsp3) is 0.833. The van der Waals surface area contributed by atoms with Crippen LogP contribution >= 0.6 is 0 Å². The molecule has 0 rings (SSSR count). The van der Waals surface area contributed by atoms with Crippen molar-refractivity contribution in [1.29, 1.82) is 0 Å². The van der Waals surface area contributed by atoms with E-state index in [2.05, 4.69) is 4.74 Å². The molecule has 0 spiro atoms. The minimum atomic E-state index is -0.725. The molecule has 1 amide bonds. The maximum atomic E-state index is 10.0. The topological polar surface area (TPSA) is 72.5 Å². The third-order valence-electron chi connectivity index (χ3n) is 0.407. The zero-order chi connectivity index (χ0) is 8.78. The van der Waals surface area contributed by atoms with Gasteiger partial charge in [-0.2, -0.15) is 0 Å². The maximum absolute atomic E-state index is 10.0. The van der Waals surface area contributed by atoms with E-state index in [1.165, 1.54) is 0 Å². The fourth-order valence-electron chi connectivity index (χ4n) is 0.302. The quantitative estimate of drug-likeness (QED) is 0.526. The molecule has 0 saturated heterocycles. The number of primary amides is 1. The van der Waals surface area contributed by atoms with Crippen molar-refractivity contribution in [2.45, 2.75) is 26.4 Å². The minimum Gasteiger partial charge on any atom is -0.444 e. The molecule has 62 valence electrons. The number of aliphatic hydroxyl groups excluding tert-OH is 1. The van der Waals surface area contributed by atoms with Crippen LogP contribution in [0.25, 0.3) is 0 Å². The van der Waals surface area contributed by atoms with Crippen LogP contribution in [-0.4, -0.2) is 23.9 Å². The summed E-state index contributed by atoms with van der Waals surface area (Å²) >= 11 is 0. The van der Waals surface area contributed by atoms with Crippen LogP contribution in [0.5, 0.6) is 0 Å². The Morgan fingerprint density at radius 3 is 1.70 bits per heavy atom. The van der Waals surface area contributed by atoms with Gasteiger partial charge in [-0.1, -0.05) is 0 Å². The highest BCUT2D eigenvalue weighted by Crippen LogP contribution is 2.04. The molecule has 4 heteroatoms. The second-order valence-corrected chi connectivity index (χ2v) is 2.53. The number of hydrogen-bond acceptors (Lipinski definition) is 3. The number of hydrogen-bond donors (Lipinski definition) is 2. The zero-order valence-corrected chi connectivity index (χ0v) is 6.84. The molecule has 3 N–H and O–H groups in total. The Morgan fingerprint density at radius 1 is 1.40 bits per heavy atom. The van der Waals surface area contributed by atoms with Crippen LogP contribution in [0.1, 0.15) is 20.8 Å². The number of carbonyl (C=O) groups is 1. The predicted molar refractivity (Wildman–Crippen MR) is 38.6 cm³/mol. The molecule has 0 bridgehead atoms. The van der Waals surface area contributed by atoms with E-state index in [4.69, 9.17) is 10.8 Å². The predicted octanol–water partition coefficient (Wildman–Crippen LogP) is 0.489. The summed E-state index contributed by atoms with van der Waals surface area (Å²) < 4.78 is 4.58. The van der Waals surface area contributed by atoms with Crippen LogP contribution in [0.2, 0.25) is 0 Å². The van der Waals surface area contributed by atoms with Gasteiger partial charge in [0.15, 0.2) is 0 Å². The Hall–Kier alpha value is -0.770. The number of ether oxygens (including phenoxy) is 1. The number of amides is 1. The molecule has 0 saturated carbocycles. The van der Waals surface area contributed by atoms with E-state index >= 15 is 0 Å². The van der Waals surface area contributed by atoms with E-state index in [-0.39, 0.29) is 0 Å².